The van der Waals surface area contributed by atoms with Gasteiger partial charge in [0.2, 0.25) is 0 Å². The van der Waals surface area contributed by atoms with E-state index in [-0.39, 0.29) is 17.1 Å². The minimum absolute atomic E-state index is 0.120. The van der Waals surface area contributed by atoms with E-state index in [1.165, 1.54) is 12.8 Å². The summed E-state index contributed by atoms with van der Waals surface area (Å²) < 4.78 is 0. The minimum atomic E-state index is 0.120. The molecule has 0 aromatic heterocycles. The first kappa shape index (κ1) is 14.7. The van der Waals surface area contributed by atoms with Crippen molar-refractivity contribution in [1.29, 1.82) is 0 Å². The Morgan fingerprint density at radius 2 is 1.95 bits per heavy atom. The summed E-state index contributed by atoms with van der Waals surface area (Å²) in [5.41, 5.74) is 0.481. The molecule has 0 heterocycles. The fourth-order valence-electron chi connectivity index (χ4n) is 4.97. The molecule has 0 radical (unpaired) electrons. The summed E-state index contributed by atoms with van der Waals surface area (Å²) >= 11 is 0. The van der Waals surface area contributed by atoms with E-state index in [1.54, 1.807) is 6.92 Å². The summed E-state index contributed by atoms with van der Waals surface area (Å²) in [5, 5.41) is 0. The highest BCUT2D eigenvalue weighted by molar-refractivity contribution is 5.84. The average Bonchev–Trinajstić information content (AvgIpc) is 2.26. The van der Waals surface area contributed by atoms with Crippen LogP contribution in [0.1, 0.15) is 72.6 Å². The summed E-state index contributed by atoms with van der Waals surface area (Å²) in [6, 6.07) is 0. The van der Waals surface area contributed by atoms with E-state index < -0.39 is 0 Å². The van der Waals surface area contributed by atoms with Crippen LogP contribution >= 0.6 is 0 Å². The van der Waals surface area contributed by atoms with Gasteiger partial charge in [0, 0.05) is 18.8 Å². The molecule has 108 valence electrons. The quantitative estimate of drug-likeness (QED) is 0.766. The minimum Gasteiger partial charge on any atom is -0.300 e. The van der Waals surface area contributed by atoms with E-state index in [1.807, 2.05) is 0 Å². The molecule has 0 N–H and O–H groups in total. The van der Waals surface area contributed by atoms with Gasteiger partial charge in [-0.15, -0.1) is 0 Å². The molecule has 0 saturated heterocycles. The van der Waals surface area contributed by atoms with Crippen LogP contribution in [0.4, 0.5) is 0 Å². The first-order valence-electron chi connectivity index (χ1n) is 7.79. The van der Waals surface area contributed by atoms with Crippen LogP contribution in [0.3, 0.4) is 0 Å². The molecule has 0 aromatic rings. The zero-order chi connectivity index (χ0) is 14.3. The van der Waals surface area contributed by atoms with E-state index in [9.17, 15) is 9.59 Å². The summed E-state index contributed by atoms with van der Waals surface area (Å²) in [5.74, 6) is 1.39. The number of hydrogen-bond donors (Lipinski definition) is 0. The second-order valence-electron chi connectivity index (χ2n) is 7.70. The molecule has 2 aliphatic rings. The number of fused-ring (bicyclic) bond motifs is 1. The van der Waals surface area contributed by atoms with Crippen LogP contribution in [-0.4, -0.2) is 11.6 Å². The lowest BCUT2D eigenvalue weighted by atomic mass is 9.47. The number of carbonyl (C=O) groups excluding carboxylic acids is 2. The van der Waals surface area contributed by atoms with Crippen molar-refractivity contribution in [3.05, 3.63) is 0 Å². The van der Waals surface area contributed by atoms with Gasteiger partial charge in [0.05, 0.1) is 0 Å². The van der Waals surface area contributed by atoms with E-state index >= 15 is 0 Å². The Morgan fingerprint density at radius 1 is 1.26 bits per heavy atom. The van der Waals surface area contributed by atoms with Crippen molar-refractivity contribution in [2.24, 2.45) is 22.7 Å². The third kappa shape index (κ3) is 2.64. The van der Waals surface area contributed by atoms with Gasteiger partial charge in [0.1, 0.15) is 11.6 Å². The monoisotopic (exact) mass is 264 g/mol. The van der Waals surface area contributed by atoms with Gasteiger partial charge >= 0.3 is 0 Å². The fourth-order valence-corrected chi connectivity index (χ4v) is 4.97. The molecule has 0 bridgehead atoms. The predicted octanol–water partition coefficient (Wildman–Crippen LogP) is 4.17. The lowest BCUT2D eigenvalue weighted by molar-refractivity contribution is -0.143. The number of rotatable bonds is 3. The Kier molecular flexibility index (Phi) is 3.90. The number of ketones is 2. The molecule has 0 spiro atoms. The van der Waals surface area contributed by atoms with Gasteiger partial charge in [-0.1, -0.05) is 27.2 Å². The number of hydrogen-bond acceptors (Lipinski definition) is 2. The Hall–Kier alpha value is -0.660. The molecule has 2 fully saturated rings. The Morgan fingerprint density at radius 3 is 2.58 bits per heavy atom. The van der Waals surface area contributed by atoms with Gasteiger partial charge in [-0.25, -0.2) is 0 Å². The van der Waals surface area contributed by atoms with Gasteiger partial charge in [-0.2, -0.15) is 0 Å². The Bertz CT molecular complexity index is 383. The SMILES string of the molecule is CC(=O)CC[C@@H]1C(=O)CC[C@@H]2C(C)(C)CCC[C@@]12C. The van der Waals surface area contributed by atoms with Gasteiger partial charge in [-0.3, -0.25) is 4.79 Å². The molecular formula is C17H28O2. The average molecular weight is 264 g/mol. The molecule has 3 atom stereocenters. The zero-order valence-electron chi connectivity index (χ0n) is 12.9. The molecule has 2 heteroatoms. The summed E-state index contributed by atoms with van der Waals surface area (Å²) in [6.45, 7) is 8.69. The van der Waals surface area contributed by atoms with Crippen LogP contribution in [0.2, 0.25) is 0 Å². The van der Waals surface area contributed by atoms with Crippen molar-refractivity contribution in [1.82, 2.24) is 0 Å². The maximum Gasteiger partial charge on any atom is 0.136 e. The lowest BCUT2D eigenvalue weighted by Gasteiger charge is -2.56. The topological polar surface area (TPSA) is 34.1 Å². The van der Waals surface area contributed by atoms with E-state index in [2.05, 4.69) is 20.8 Å². The van der Waals surface area contributed by atoms with Crippen molar-refractivity contribution >= 4 is 11.6 Å². The largest absolute Gasteiger partial charge is 0.300 e. The molecule has 2 saturated carbocycles. The number of carbonyl (C=O) groups is 2. The third-order valence-corrected chi connectivity index (χ3v) is 5.93. The Balaban J connectivity index is 2.24. The normalized spacial score (nSPS) is 37.8. The molecule has 0 aliphatic heterocycles. The van der Waals surface area contributed by atoms with Crippen molar-refractivity contribution < 1.29 is 9.59 Å². The highest BCUT2D eigenvalue weighted by Gasteiger charge is 2.54. The first-order chi connectivity index (χ1) is 8.77. The van der Waals surface area contributed by atoms with Gasteiger partial charge in [0.15, 0.2) is 0 Å². The third-order valence-electron chi connectivity index (χ3n) is 5.93. The number of Topliss-reactive ketones (excluding diaryl/α,β-unsaturated/α-hetero) is 2. The maximum absolute atomic E-state index is 12.4. The first-order valence-corrected chi connectivity index (χ1v) is 7.79. The van der Waals surface area contributed by atoms with Crippen LogP contribution in [0, 0.1) is 22.7 Å². The van der Waals surface area contributed by atoms with Crippen LogP contribution < -0.4 is 0 Å². The molecule has 19 heavy (non-hydrogen) atoms. The second-order valence-corrected chi connectivity index (χ2v) is 7.70. The van der Waals surface area contributed by atoms with E-state index in [0.29, 0.717) is 23.5 Å². The van der Waals surface area contributed by atoms with Crippen LogP contribution in [-0.2, 0) is 9.59 Å². The molecule has 2 rings (SSSR count). The Labute approximate surface area is 117 Å². The van der Waals surface area contributed by atoms with Gasteiger partial charge in [-0.05, 0) is 49.4 Å². The molecule has 2 aliphatic carbocycles. The van der Waals surface area contributed by atoms with Crippen molar-refractivity contribution in [2.75, 3.05) is 0 Å². The summed E-state index contributed by atoms with van der Waals surface area (Å²) in [6.07, 6.45) is 6.79. The highest BCUT2D eigenvalue weighted by Crippen LogP contribution is 2.59. The van der Waals surface area contributed by atoms with Crippen LogP contribution in [0.5, 0.6) is 0 Å². The van der Waals surface area contributed by atoms with Gasteiger partial charge in [0.25, 0.3) is 0 Å². The van der Waals surface area contributed by atoms with Crippen molar-refractivity contribution in [2.45, 2.75) is 72.6 Å². The standard InChI is InChI=1S/C17H28O2/c1-12(18)6-7-13-14(19)8-9-15-16(2,3)10-5-11-17(13,15)4/h13,15H,5-11H2,1-4H3/t13-,15-,17+/m1/s1. The highest BCUT2D eigenvalue weighted by atomic mass is 16.1. The molecule has 0 aromatic carbocycles. The summed E-state index contributed by atoms with van der Waals surface area (Å²) in [7, 11) is 0. The lowest BCUT2D eigenvalue weighted by Crippen LogP contribution is -2.51. The van der Waals surface area contributed by atoms with E-state index in [4.69, 9.17) is 0 Å². The van der Waals surface area contributed by atoms with Crippen molar-refractivity contribution in [3.63, 3.8) is 0 Å². The molecular weight excluding hydrogens is 236 g/mol. The predicted molar refractivity (Wildman–Crippen MR) is 76.9 cm³/mol. The zero-order valence-corrected chi connectivity index (χ0v) is 12.9. The van der Waals surface area contributed by atoms with E-state index in [0.717, 1.165) is 25.7 Å². The van der Waals surface area contributed by atoms with Crippen LogP contribution in [0.25, 0.3) is 0 Å². The smallest absolute Gasteiger partial charge is 0.136 e. The maximum atomic E-state index is 12.4. The molecule has 0 amide bonds. The van der Waals surface area contributed by atoms with Crippen molar-refractivity contribution in [3.8, 4) is 0 Å². The second kappa shape index (κ2) is 5.03. The fraction of sp³-hybridized carbons (Fsp3) is 0.882. The van der Waals surface area contributed by atoms with Crippen LogP contribution in [0.15, 0.2) is 0 Å². The molecule has 2 nitrogen and oxygen atoms in total. The summed E-state index contributed by atoms with van der Waals surface area (Å²) in [4.78, 5) is 23.6. The molecule has 0 unspecified atom stereocenters. The van der Waals surface area contributed by atoms with Gasteiger partial charge < -0.3 is 4.79 Å².